The second kappa shape index (κ2) is 6.66. The first-order valence-electron chi connectivity index (χ1n) is 9.38. The first-order chi connectivity index (χ1) is 12.9. The Hall–Kier alpha value is -1.74. The van der Waals surface area contributed by atoms with Gasteiger partial charge < -0.3 is 29.9 Å². The molecule has 9 unspecified atom stereocenters. The number of aliphatic hydroxyl groups excluding tert-OH is 3. The molecule has 0 spiro atoms. The SMILES string of the molecule is C=C1C(=O)OC2C1C(OC(=O)C(C)=CC)C(O)C1(C)C(O)C(O)CC(C)(O)C21. The summed E-state index contributed by atoms with van der Waals surface area (Å²) in [4.78, 5) is 24.6. The average molecular weight is 396 g/mol. The first-order valence-corrected chi connectivity index (χ1v) is 9.38. The summed E-state index contributed by atoms with van der Waals surface area (Å²) in [6.07, 6.45) is -5.01. The summed E-state index contributed by atoms with van der Waals surface area (Å²) in [6.45, 7) is 9.91. The van der Waals surface area contributed by atoms with Crippen molar-refractivity contribution in [1.29, 1.82) is 0 Å². The molecule has 1 aliphatic heterocycles. The van der Waals surface area contributed by atoms with Crippen molar-refractivity contribution < 1.29 is 39.5 Å². The third-order valence-electron chi connectivity index (χ3n) is 6.85. The van der Waals surface area contributed by atoms with Gasteiger partial charge in [-0.05, 0) is 20.8 Å². The van der Waals surface area contributed by atoms with Crippen LogP contribution in [0.4, 0.5) is 0 Å². The highest BCUT2D eigenvalue weighted by Gasteiger charge is 2.71. The van der Waals surface area contributed by atoms with E-state index < -0.39 is 65.3 Å². The van der Waals surface area contributed by atoms with Crippen LogP contribution in [0.2, 0.25) is 0 Å². The second-order valence-corrected chi connectivity index (χ2v) is 8.62. The van der Waals surface area contributed by atoms with E-state index in [-0.39, 0.29) is 12.0 Å². The number of rotatable bonds is 2. The zero-order chi connectivity index (χ0) is 21.2. The maximum atomic E-state index is 12.4. The zero-order valence-corrected chi connectivity index (χ0v) is 16.5. The Morgan fingerprint density at radius 3 is 2.46 bits per heavy atom. The van der Waals surface area contributed by atoms with Crippen LogP contribution in [0.5, 0.6) is 0 Å². The van der Waals surface area contributed by atoms with E-state index in [1.54, 1.807) is 19.9 Å². The van der Waals surface area contributed by atoms with E-state index >= 15 is 0 Å². The largest absolute Gasteiger partial charge is 0.458 e. The summed E-state index contributed by atoms with van der Waals surface area (Å²) >= 11 is 0. The summed E-state index contributed by atoms with van der Waals surface area (Å²) in [5, 5.41) is 43.3. The van der Waals surface area contributed by atoms with E-state index in [0.29, 0.717) is 5.57 Å². The Balaban J connectivity index is 2.12. The van der Waals surface area contributed by atoms with Crippen LogP contribution in [0.15, 0.2) is 23.8 Å². The quantitative estimate of drug-likeness (QED) is 0.374. The Kier molecular flexibility index (Phi) is 4.99. The van der Waals surface area contributed by atoms with Gasteiger partial charge in [-0.3, -0.25) is 0 Å². The van der Waals surface area contributed by atoms with E-state index in [4.69, 9.17) is 9.47 Å². The highest BCUT2D eigenvalue weighted by atomic mass is 16.6. The highest BCUT2D eigenvalue weighted by molar-refractivity contribution is 5.92. The topological polar surface area (TPSA) is 134 Å². The Morgan fingerprint density at radius 2 is 1.89 bits per heavy atom. The van der Waals surface area contributed by atoms with Gasteiger partial charge in [-0.2, -0.15) is 0 Å². The highest BCUT2D eigenvalue weighted by Crippen LogP contribution is 2.59. The molecule has 0 aromatic carbocycles. The summed E-state index contributed by atoms with van der Waals surface area (Å²) in [5.41, 5.74) is -2.69. The van der Waals surface area contributed by atoms with Gasteiger partial charge >= 0.3 is 11.9 Å². The third kappa shape index (κ3) is 2.74. The smallest absolute Gasteiger partial charge is 0.334 e. The van der Waals surface area contributed by atoms with Gasteiger partial charge in [0, 0.05) is 28.9 Å². The molecule has 1 saturated heterocycles. The lowest BCUT2D eigenvalue weighted by atomic mass is 9.48. The number of carbonyl (C=O) groups is 2. The van der Waals surface area contributed by atoms with E-state index in [2.05, 4.69) is 6.58 Å². The molecule has 8 nitrogen and oxygen atoms in total. The molecule has 28 heavy (non-hydrogen) atoms. The van der Waals surface area contributed by atoms with Crippen LogP contribution in [-0.4, -0.2) is 68.5 Å². The standard InChI is InChI=1S/C20H28O8/c1-6-8(2)17(24)28-13-11-9(3)18(25)27-12(11)14-19(4,26)7-10(21)15(22)20(14,5)16(13)23/h6,10-16,21-23,26H,3,7H2,1-2,4-5H3. The zero-order valence-electron chi connectivity index (χ0n) is 16.5. The average Bonchev–Trinajstić information content (AvgIpc) is 2.89. The third-order valence-corrected chi connectivity index (χ3v) is 6.85. The lowest BCUT2D eigenvalue weighted by Crippen LogP contribution is -2.74. The van der Waals surface area contributed by atoms with E-state index in [0.717, 1.165) is 0 Å². The maximum Gasteiger partial charge on any atom is 0.334 e. The fourth-order valence-electron chi connectivity index (χ4n) is 5.29. The molecule has 8 heteroatoms. The minimum atomic E-state index is -1.55. The number of esters is 2. The molecule has 1 heterocycles. The van der Waals surface area contributed by atoms with Crippen LogP contribution in [-0.2, 0) is 19.1 Å². The molecule has 156 valence electrons. The fraction of sp³-hybridized carbons (Fsp3) is 0.700. The predicted molar refractivity (Wildman–Crippen MR) is 96.7 cm³/mol. The van der Waals surface area contributed by atoms with Crippen molar-refractivity contribution in [2.24, 2.45) is 17.3 Å². The van der Waals surface area contributed by atoms with Gasteiger partial charge in [-0.25, -0.2) is 9.59 Å². The van der Waals surface area contributed by atoms with Crippen LogP contribution in [0.1, 0.15) is 34.1 Å². The number of hydrogen-bond donors (Lipinski definition) is 4. The molecular weight excluding hydrogens is 368 g/mol. The van der Waals surface area contributed by atoms with Gasteiger partial charge in [0.2, 0.25) is 0 Å². The number of fused-ring (bicyclic) bond motifs is 3. The predicted octanol–water partition coefficient (Wildman–Crippen LogP) is -0.164. The molecular formula is C20H28O8. The molecule has 4 N–H and O–H groups in total. The van der Waals surface area contributed by atoms with E-state index in [9.17, 15) is 30.0 Å². The van der Waals surface area contributed by atoms with Crippen LogP contribution in [0.3, 0.4) is 0 Å². The van der Waals surface area contributed by atoms with Crippen molar-refractivity contribution in [1.82, 2.24) is 0 Å². The summed E-state index contributed by atoms with van der Waals surface area (Å²) in [7, 11) is 0. The van der Waals surface area contributed by atoms with Crippen LogP contribution < -0.4 is 0 Å². The molecule has 3 rings (SSSR count). The summed E-state index contributed by atoms with van der Waals surface area (Å²) < 4.78 is 11.0. The minimum Gasteiger partial charge on any atom is -0.458 e. The van der Waals surface area contributed by atoms with Crippen molar-refractivity contribution in [3.63, 3.8) is 0 Å². The lowest BCUT2D eigenvalue weighted by molar-refractivity contribution is -0.291. The van der Waals surface area contributed by atoms with Gasteiger partial charge in [0.15, 0.2) is 0 Å². The van der Waals surface area contributed by atoms with Crippen LogP contribution >= 0.6 is 0 Å². The monoisotopic (exact) mass is 396 g/mol. The summed E-state index contributed by atoms with van der Waals surface area (Å²) in [5.74, 6) is -3.16. The number of ether oxygens (including phenoxy) is 2. The number of carbonyl (C=O) groups excluding carboxylic acids is 2. The van der Waals surface area contributed by atoms with Crippen molar-refractivity contribution in [3.8, 4) is 0 Å². The second-order valence-electron chi connectivity index (χ2n) is 8.62. The van der Waals surface area contributed by atoms with Gasteiger partial charge in [-0.15, -0.1) is 0 Å². The molecule has 3 aliphatic rings. The maximum absolute atomic E-state index is 12.4. The molecule has 0 radical (unpaired) electrons. The molecule has 0 bridgehead atoms. The van der Waals surface area contributed by atoms with E-state index in [1.165, 1.54) is 13.8 Å². The Labute approximate surface area is 163 Å². The fourth-order valence-corrected chi connectivity index (χ4v) is 5.29. The molecule has 2 saturated carbocycles. The molecule has 0 aromatic rings. The number of hydrogen-bond acceptors (Lipinski definition) is 8. The number of aliphatic hydroxyl groups is 4. The van der Waals surface area contributed by atoms with Crippen molar-refractivity contribution in [2.75, 3.05) is 0 Å². The molecule has 9 atom stereocenters. The van der Waals surface area contributed by atoms with Crippen molar-refractivity contribution in [3.05, 3.63) is 23.8 Å². The molecule has 0 aromatic heterocycles. The van der Waals surface area contributed by atoms with Crippen molar-refractivity contribution >= 4 is 11.9 Å². The van der Waals surface area contributed by atoms with Gasteiger partial charge in [-0.1, -0.05) is 19.6 Å². The first kappa shape index (κ1) is 21.0. The Morgan fingerprint density at radius 1 is 1.29 bits per heavy atom. The summed E-state index contributed by atoms with van der Waals surface area (Å²) in [6, 6.07) is 0. The lowest BCUT2D eigenvalue weighted by Gasteiger charge is -2.61. The van der Waals surface area contributed by atoms with Crippen LogP contribution in [0, 0.1) is 17.3 Å². The van der Waals surface area contributed by atoms with Gasteiger partial charge in [0.1, 0.15) is 18.3 Å². The van der Waals surface area contributed by atoms with E-state index in [1.807, 2.05) is 0 Å². The Bertz CT molecular complexity index is 740. The molecule has 3 fully saturated rings. The molecule has 0 amide bonds. The van der Waals surface area contributed by atoms with Crippen LogP contribution in [0.25, 0.3) is 0 Å². The minimum absolute atomic E-state index is 0.0402. The number of allylic oxidation sites excluding steroid dienone is 1. The van der Waals surface area contributed by atoms with Gasteiger partial charge in [0.25, 0.3) is 0 Å². The van der Waals surface area contributed by atoms with Crippen molar-refractivity contribution in [2.45, 2.75) is 70.2 Å². The van der Waals surface area contributed by atoms with Gasteiger partial charge in [0.05, 0.1) is 23.7 Å². The molecule has 2 aliphatic carbocycles. The normalized spacial score (nSPS) is 48.6.